The summed E-state index contributed by atoms with van der Waals surface area (Å²) >= 11 is 0. The average Bonchev–Trinajstić information content (AvgIpc) is 2.83. The Labute approximate surface area is 127 Å². The van der Waals surface area contributed by atoms with Gasteiger partial charge in [-0.2, -0.15) is 17.4 Å². The Morgan fingerprint density at radius 1 is 1.29 bits per heavy atom. The topological polar surface area (TPSA) is 65.5 Å². The normalized spacial score (nSPS) is 23.2. The molecule has 1 aromatic heterocycles. The van der Waals surface area contributed by atoms with E-state index >= 15 is 0 Å². The molecule has 0 aromatic carbocycles. The third kappa shape index (κ3) is 3.72. The molecule has 1 fully saturated rings. The van der Waals surface area contributed by atoms with Gasteiger partial charge in [0, 0.05) is 51.3 Å². The monoisotopic (exact) mass is 312 g/mol. The molecule has 0 radical (unpaired) electrons. The summed E-state index contributed by atoms with van der Waals surface area (Å²) in [4.78, 5) is 6.25. The van der Waals surface area contributed by atoms with Crippen molar-refractivity contribution in [3.8, 4) is 0 Å². The first-order valence-corrected chi connectivity index (χ1v) is 8.60. The summed E-state index contributed by atoms with van der Waals surface area (Å²) in [5.41, 5.74) is 1.09. The van der Waals surface area contributed by atoms with Gasteiger partial charge in [0.2, 0.25) is 0 Å². The van der Waals surface area contributed by atoms with Gasteiger partial charge in [-0.05, 0) is 24.0 Å². The van der Waals surface area contributed by atoms with E-state index in [1.807, 2.05) is 12.1 Å². The molecule has 118 valence electrons. The lowest BCUT2D eigenvalue weighted by atomic mass is 9.92. The summed E-state index contributed by atoms with van der Waals surface area (Å²) < 4.78 is 28.2. The van der Waals surface area contributed by atoms with Crippen LogP contribution in [0, 0.1) is 11.8 Å². The van der Waals surface area contributed by atoms with Crippen LogP contribution in [0.4, 0.5) is 5.69 Å². The molecule has 1 saturated heterocycles. The number of rotatable bonds is 5. The van der Waals surface area contributed by atoms with Gasteiger partial charge < -0.3 is 4.90 Å². The van der Waals surface area contributed by atoms with Crippen LogP contribution in [0.15, 0.2) is 24.5 Å². The van der Waals surface area contributed by atoms with E-state index in [9.17, 15) is 8.42 Å². The van der Waals surface area contributed by atoms with Crippen molar-refractivity contribution in [2.45, 2.75) is 19.9 Å². The predicted molar refractivity (Wildman–Crippen MR) is 84.3 cm³/mol. The molecule has 1 aliphatic heterocycles. The fraction of sp³-hybridized carbons (Fsp3) is 0.643. The summed E-state index contributed by atoms with van der Waals surface area (Å²) in [7, 11) is -0.321. The summed E-state index contributed by atoms with van der Waals surface area (Å²) in [5.74, 6) is 0.694. The highest BCUT2D eigenvalue weighted by atomic mass is 32.2. The number of anilines is 1. The van der Waals surface area contributed by atoms with Crippen molar-refractivity contribution in [2.24, 2.45) is 11.8 Å². The van der Waals surface area contributed by atoms with E-state index in [0.717, 1.165) is 12.2 Å². The van der Waals surface area contributed by atoms with Crippen molar-refractivity contribution in [3.63, 3.8) is 0 Å². The molecule has 0 saturated carbocycles. The van der Waals surface area contributed by atoms with Crippen molar-refractivity contribution in [1.29, 1.82) is 0 Å². The predicted octanol–water partition coefficient (Wildman–Crippen LogP) is 0.938. The summed E-state index contributed by atoms with van der Waals surface area (Å²) in [6, 6.07) is 3.84. The Morgan fingerprint density at radius 2 is 1.90 bits per heavy atom. The highest BCUT2D eigenvalue weighted by Crippen LogP contribution is 2.28. The second kappa shape index (κ2) is 6.29. The lowest BCUT2D eigenvalue weighted by Gasteiger charge is -2.24. The van der Waals surface area contributed by atoms with E-state index in [0.29, 0.717) is 12.5 Å². The van der Waals surface area contributed by atoms with Crippen molar-refractivity contribution in [3.05, 3.63) is 24.5 Å². The van der Waals surface area contributed by atoms with Crippen molar-refractivity contribution in [1.82, 2.24) is 14.0 Å². The largest absolute Gasteiger partial charge is 0.369 e. The first-order chi connectivity index (χ1) is 9.81. The fourth-order valence-corrected chi connectivity index (χ4v) is 3.53. The minimum Gasteiger partial charge on any atom is -0.369 e. The molecule has 1 aromatic rings. The fourth-order valence-electron chi connectivity index (χ4n) is 2.69. The zero-order valence-electron chi connectivity index (χ0n) is 13.0. The molecule has 0 aliphatic carbocycles. The van der Waals surface area contributed by atoms with Crippen LogP contribution in [-0.2, 0) is 10.2 Å². The zero-order chi connectivity index (χ0) is 15.6. The van der Waals surface area contributed by atoms with Gasteiger partial charge in [0.1, 0.15) is 0 Å². The SMILES string of the molecule is CC(C)[C@H]1CN(c2ccncc2)C[C@@H]1NS(=O)(=O)N(C)C. The number of nitrogens with one attached hydrogen (secondary N) is 1. The number of hydrogen-bond acceptors (Lipinski definition) is 4. The number of hydrogen-bond donors (Lipinski definition) is 1. The molecule has 2 heterocycles. The molecular formula is C14H24N4O2S. The van der Waals surface area contributed by atoms with Crippen molar-refractivity contribution in [2.75, 3.05) is 32.1 Å². The molecule has 2 rings (SSSR count). The summed E-state index contributed by atoms with van der Waals surface area (Å²) in [5, 5.41) is 0. The maximum absolute atomic E-state index is 12.1. The van der Waals surface area contributed by atoms with Crippen LogP contribution >= 0.6 is 0 Å². The minimum atomic E-state index is -3.41. The van der Waals surface area contributed by atoms with Gasteiger partial charge in [-0.25, -0.2) is 0 Å². The van der Waals surface area contributed by atoms with E-state index in [1.165, 1.54) is 4.31 Å². The molecule has 21 heavy (non-hydrogen) atoms. The molecule has 0 unspecified atom stereocenters. The van der Waals surface area contributed by atoms with Crippen LogP contribution in [0.1, 0.15) is 13.8 Å². The van der Waals surface area contributed by atoms with Crippen LogP contribution in [-0.4, -0.2) is 50.9 Å². The Kier molecular flexibility index (Phi) is 4.85. The van der Waals surface area contributed by atoms with Crippen LogP contribution in [0.2, 0.25) is 0 Å². The third-order valence-corrected chi connectivity index (χ3v) is 5.59. The molecule has 1 N–H and O–H groups in total. The lowest BCUT2D eigenvalue weighted by Crippen LogP contribution is -2.46. The maximum atomic E-state index is 12.1. The highest BCUT2D eigenvalue weighted by molar-refractivity contribution is 7.87. The van der Waals surface area contributed by atoms with E-state index in [4.69, 9.17) is 0 Å². The van der Waals surface area contributed by atoms with Gasteiger partial charge in [0.05, 0.1) is 0 Å². The Balaban J connectivity index is 2.17. The molecule has 0 bridgehead atoms. The minimum absolute atomic E-state index is 0.0782. The molecule has 7 heteroatoms. The third-order valence-electron chi connectivity index (χ3n) is 4.03. The first kappa shape index (κ1) is 16.2. The number of pyridine rings is 1. The maximum Gasteiger partial charge on any atom is 0.279 e. The Morgan fingerprint density at radius 3 is 2.43 bits per heavy atom. The van der Waals surface area contributed by atoms with E-state index in [1.54, 1.807) is 26.5 Å². The van der Waals surface area contributed by atoms with Crippen molar-refractivity contribution < 1.29 is 8.42 Å². The molecule has 6 nitrogen and oxygen atoms in total. The van der Waals surface area contributed by atoms with Gasteiger partial charge in [-0.3, -0.25) is 4.98 Å². The second-order valence-corrected chi connectivity index (χ2v) is 7.95. The van der Waals surface area contributed by atoms with Gasteiger partial charge >= 0.3 is 0 Å². The summed E-state index contributed by atoms with van der Waals surface area (Å²) in [6.45, 7) is 5.80. The van der Waals surface area contributed by atoms with Gasteiger partial charge in [-0.15, -0.1) is 0 Å². The van der Waals surface area contributed by atoms with Gasteiger partial charge in [-0.1, -0.05) is 13.8 Å². The molecule has 1 aliphatic rings. The Bertz CT molecular complexity index is 560. The average molecular weight is 312 g/mol. The second-order valence-electron chi connectivity index (χ2n) is 6.03. The van der Waals surface area contributed by atoms with Gasteiger partial charge in [0.25, 0.3) is 10.2 Å². The summed E-state index contributed by atoms with van der Waals surface area (Å²) in [6.07, 6.45) is 3.52. The van der Waals surface area contributed by atoms with Crippen LogP contribution in [0.25, 0.3) is 0 Å². The molecule has 2 atom stereocenters. The van der Waals surface area contributed by atoms with Crippen LogP contribution in [0.5, 0.6) is 0 Å². The standard InChI is InChI=1S/C14H24N4O2S/c1-11(2)13-9-18(12-5-7-15-8-6-12)10-14(13)16-21(19,20)17(3)4/h5-8,11,13-14,16H,9-10H2,1-4H3/t13-,14+/m1/s1. The Hall–Kier alpha value is -1.18. The van der Waals surface area contributed by atoms with Crippen LogP contribution in [0.3, 0.4) is 0 Å². The quantitative estimate of drug-likeness (QED) is 0.879. The zero-order valence-corrected chi connectivity index (χ0v) is 13.8. The number of aromatic nitrogens is 1. The van der Waals surface area contributed by atoms with E-state index < -0.39 is 10.2 Å². The van der Waals surface area contributed by atoms with E-state index in [2.05, 4.69) is 28.5 Å². The van der Waals surface area contributed by atoms with Gasteiger partial charge in [0.15, 0.2) is 0 Å². The molecular weight excluding hydrogens is 288 g/mol. The smallest absolute Gasteiger partial charge is 0.279 e. The number of nitrogens with zero attached hydrogens (tertiary/aromatic N) is 3. The highest BCUT2D eigenvalue weighted by Gasteiger charge is 2.37. The van der Waals surface area contributed by atoms with Crippen molar-refractivity contribution >= 4 is 15.9 Å². The van der Waals surface area contributed by atoms with Crippen LogP contribution < -0.4 is 9.62 Å². The first-order valence-electron chi connectivity index (χ1n) is 7.16. The molecule has 0 amide bonds. The molecule has 0 spiro atoms. The lowest BCUT2D eigenvalue weighted by molar-refractivity contribution is 0.358. The van der Waals surface area contributed by atoms with E-state index in [-0.39, 0.29) is 12.0 Å².